The Bertz CT molecular complexity index is 534. The molecule has 6 nitrogen and oxygen atoms in total. The van der Waals surface area contributed by atoms with Gasteiger partial charge in [-0.2, -0.15) is 18.7 Å². The fourth-order valence-corrected chi connectivity index (χ4v) is 6.39. The third kappa shape index (κ3) is 3.67. The molecule has 92 valence electrons. The smallest absolute Gasteiger partial charge is 0.210 e. The van der Waals surface area contributed by atoms with Gasteiger partial charge < -0.3 is 0 Å². The van der Waals surface area contributed by atoms with E-state index in [-0.39, 0.29) is 5.08 Å². The van der Waals surface area contributed by atoms with Gasteiger partial charge in [0, 0.05) is 0 Å². The van der Waals surface area contributed by atoms with Gasteiger partial charge in [-0.1, -0.05) is 0 Å². The van der Waals surface area contributed by atoms with Crippen molar-refractivity contribution in [2.24, 2.45) is 0 Å². The first-order chi connectivity index (χ1) is 8.06. The second-order valence-electron chi connectivity index (χ2n) is 2.47. The van der Waals surface area contributed by atoms with Crippen LogP contribution < -0.4 is 0 Å². The van der Waals surface area contributed by atoms with E-state index in [0.29, 0.717) is 18.1 Å². The molecule has 0 fully saturated rings. The standard InChI is InChI=1S/C5H2Br2N4O2S4/c6-2-8-4(14-10-2)16(12)1-17(13)5-9-3(7)11-15-5/h1H2/t16-,17-/m0/s1. The van der Waals surface area contributed by atoms with Crippen LogP contribution in [0.25, 0.3) is 0 Å². The van der Waals surface area contributed by atoms with E-state index in [9.17, 15) is 8.42 Å². The minimum atomic E-state index is -1.45. The van der Waals surface area contributed by atoms with Crippen molar-refractivity contribution < 1.29 is 8.42 Å². The van der Waals surface area contributed by atoms with Crippen molar-refractivity contribution in [3.8, 4) is 0 Å². The van der Waals surface area contributed by atoms with Gasteiger partial charge in [0.1, 0.15) is 5.08 Å². The zero-order valence-electron chi connectivity index (χ0n) is 7.70. The van der Waals surface area contributed by atoms with Gasteiger partial charge in [0.25, 0.3) is 0 Å². The van der Waals surface area contributed by atoms with Crippen LogP contribution in [0.2, 0.25) is 0 Å². The first kappa shape index (κ1) is 13.8. The lowest BCUT2D eigenvalue weighted by Crippen LogP contribution is -2.05. The van der Waals surface area contributed by atoms with Crippen LogP contribution in [0.3, 0.4) is 0 Å². The van der Waals surface area contributed by atoms with Crippen LogP contribution in [0, 0.1) is 0 Å². The Morgan fingerprint density at radius 1 is 0.941 bits per heavy atom. The molecule has 2 aromatic rings. The predicted octanol–water partition coefficient (Wildman–Crippen LogP) is 1.79. The molecule has 0 spiro atoms. The van der Waals surface area contributed by atoms with E-state index in [0.717, 1.165) is 23.1 Å². The third-order valence-electron chi connectivity index (χ3n) is 1.37. The molecule has 0 N–H and O–H groups in total. The van der Waals surface area contributed by atoms with Crippen molar-refractivity contribution in [3.05, 3.63) is 9.47 Å². The molecule has 0 saturated carbocycles. The van der Waals surface area contributed by atoms with Crippen LogP contribution in [0.5, 0.6) is 0 Å². The van der Waals surface area contributed by atoms with Gasteiger partial charge in [-0.05, 0) is 54.9 Å². The van der Waals surface area contributed by atoms with Crippen LogP contribution >= 0.6 is 54.9 Å². The molecule has 0 amide bonds. The maximum Gasteiger partial charge on any atom is 0.210 e. The lowest BCUT2D eigenvalue weighted by atomic mass is 11.3. The minimum Gasteiger partial charge on any atom is -0.251 e. The van der Waals surface area contributed by atoms with Crippen molar-refractivity contribution in [2.45, 2.75) is 8.68 Å². The highest BCUT2D eigenvalue weighted by Crippen LogP contribution is 2.18. The Morgan fingerprint density at radius 2 is 1.35 bits per heavy atom. The minimum absolute atomic E-state index is 0.0523. The predicted molar refractivity (Wildman–Crippen MR) is 72.9 cm³/mol. The SMILES string of the molecule is O=[S@@](C[S@](=O)c1nc(Br)ns1)c1nc(Br)ns1. The Morgan fingerprint density at radius 3 is 1.65 bits per heavy atom. The number of hydrogen-bond acceptors (Lipinski definition) is 8. The molecule has 0 aliphatic carbocycles. The molecule has 2 aromatic heterocycles. The Hall–Kier alpha value is 0.380. The average molecular weight is 438 g/mol. The molecule has 0 aliphatic heterocycles. The molecule has 2 atom stereocenters. The van der Waals surface area contributed by atoms with Gasteiger partial charge in [-0.15, -0.1) is 0 Å². The van der Waals surface area contributed by atoms with Gasteiger partial charge in [-0.3, -0.25) is 8.42 Å². The molecule has 2 heterocycles. The summed E-state index contributed by atoms with van der Waals surface area (Å²) in [5.41, 5.74) is 0. The quantitative estimate of drug-likeness (QED) is 0.724. The molecular weight excluding hydrogens is 436 g/mol. The van der Waals surface area contributed by atoms with Crippen LogP contribution in [-0.4, -0.2) is 32.2 Å². The van der Waals surface area contributed by atoms with E-state index < -0.39 is 21.6 Å². The van der Waals surface area contributed by atoms with Gasteiger partial charge in [-0.25, -0.2) is 0 Å². The molecule has 0 radical (unpaired) electrons. The van der Waals surface area contributed by atoms with E-state index >= 15 is 0 Å². The molecule has 0 unspecified atom stereocenters. The highest BCUT2D eigenvalue weighted by molar-refractivity contribution is 9.10. The fourth-order valence-electron chi connectivity index (χ4n) is 0.769. The van der Waals surface area contributed by atoms with Crippen molar-refractivity contribution >= 4 is 76.5 Å². The van der Waals surface area contributed by atoms with Gasteiger partial charge in [0.2, 0.25) is 18.1 Å². The highest BCUT2D eigenvalue weighted by Gasteiger charge is 2.17. The lowest BCUT2D eigenvalue weighted by Gasteiger charge is -1.94. The zero-order valence-corrected chi connectivity index (χ0v) is 14.1. The van der Waals surface area contributed by atoms with E-state index in [1.54, 1.807) is 0 Å². The van der Waals surface area contributed by atoms with Gasteiger partial charge in [0.15, 0.2) is 0 Å². The maximum absolute atomic E-state index is 11.8. The fraction of sp³-hybridized carbons (Fsp3) is 0.200. The third-order valence-corrected chi connectivity index (χ3v) is 7.81. The van der Waals surface area contributed by atoms with E-state index in [2.05, 4.69) is 50.6 Å². The number of nitrogens with zero attached hydrogens (tertiary/aromatic N) is 4. The molecule has 0 bridgehead atoms. The Labute approximate surface area is 126 Å². The molecular formula is C5H2Br2N4O2S4. The van der Waals surface area contributed by atoms with Crippen LogP contribution in [0.1, 0.15) is 0 Å². The summed E-state index contributed by atoms with van der Waals surface area (Å²) in [6, 6.07) is 0. The molecule has 0 aliphatic rings. The van der Waals surface area contributed by atoms with Crippen LogP contribution in [0.15, 0.2) is 18.1 Å². The van der Waals surface area contributed by atoms with Crippen molar-refractivity contribution in [2.75, 3.05) is 5.08 Å². The van der Waals surface area contributed by atoms with E-state index in [1.807, 2.05) is 0 Å². The van der Waals surface area contributed by atoms with Crippen molar-refractivity contribution in [1.82, 2.24) is 18.7 Å². The van der Waals surface area contributed by atoms with E-state index in [1.165, 1.54) is 0 Å². The first-order valence-corrected chi connectivity index (χ1v) is 9.58. The lowest BCUT2D eigenvalue weighted by molar-refractivity contribution is 0.678. The zero-order chi connectivity index (χ0) is 12.4. The Balaban J connectivity index is 2.07. The van der Waals surface area contributed by atoms with Gasteiger partial charge >= 0.3 is 0 Å². The molecule has 0 saturated heterocycles. The van der Waals surface area contributed by atoms with Crippen LogP contribution in [0.4, 0.5) is 0 Å². The molecule has 2 rings (SSSR count). The molecule has 0 aromatic carbocycles. The first-order valence-electron chi connectivity index (χ1n) is 3.81. The van der Waals surface area contributed by atoms with Crippen molar-refractivity contribution in [1.29, 1.82) is 0 Å². The number of aromatic nitrogens is 4. The summed E-state index contributed by atoms with van der Waals surface area (Å²) in [5, 5.41) is -0.0523. The topological polar surface area (TPSA) is 85.7 Å². The van der Waals surface area contributed by atoms with Crippen molar-refractivity contribution in [3.63, 3.8) is 0 Å². The second-order valence-corrected chi connectivity index (χ2v) is 9.00. The summed E-state index contributed by atoms with van der Waals surface area (Å²) in [4.78, 5) is 7.82. The summed E-state index contributed by atoms with van der Waals surface area (Å²) in [5.74, 6) is 0. The van der Waals surface area contributed by atoms with Crippen LogP contribution in [-0.2, 0) is 21.6 Å². The maximum atomic E-state index is 11.8. The number of rotatable bonds is 4. The summed E-state index contributed by atoms with van der Waals surface area (Å²) in [7, 11) is -2.89. The average Bonchev–Trinajstić information content (AvgIpc) is 2.87. The van der Waals surface area contributed by atoms with Gasteiger partial charge in [0.05, 0.1) is 21.6 Å². The molecule has 17 heavy (non-hydrogen) atoms. The largest absolute Gasteiger partial charge is 0.251 e. The summed E-state index contributed by atoms with van der Waals surface area (Å²) in [6.45, 7) is 0. The normalized spacial score (nSPS) is 14.7. The Kier molecular flexibility index (Phi) is 4.88. The number of hydrogen-bond donors (Lipinski definition) is 0. The highest BCUT2D eigenvalue weighted by atomic mass is 79.9. The van der Waals surface area contributed by atoms with E-state index in [4.69, 9.17) is 0 Å². The molecule has 12 heteroatoms. The summed E-state index contributed by atoms with van der Waals surface area (Å²) >= 11 is 8.16. The monoisotopic (exact) mass is 436 g/mol. The summed E-state index contributed by atoms with van der Waals surface area (Å²) < 4.78 is 32.7. The second kappa shape index (κ2) is 6.02. The number of halogens is 2. The summed E-state index contributed by atoms with van der Waals surface area (Å²) in [6.07, 6.45) is 0.